The molecule has 0 spiro atoms. The Hall–Kier alpha value is -2.24. The minimum absolute atomic E-state index is 0.0532. The summed E-state index contributed by atoms with van der Waals surface area (Å²) in [6.45, 7) is 2.08. The van der Waals surface area contributed by atoms with Crippen molar-refractivity contribution < 1.29 is 19.1 Å². The van der Waals surface area contributed by atoms with Crippen LogP contribution in [0.25, 0.3) is 0 Å². The highest BCUT2D eigenvalue weighted by Gasteiger charge is 2.19. The number of hydrogen-bond acceptors (Lipinski definition) is 5. The number of ether oxygens (including phenoxy) is 3. The Bertz CT molecular complexity index is 470. The van der Waals surface area contributed by atoms with Gasteiger partial charge in [0.25, 0.3) is 5.69 Å². The average molecular weight is 267 g/mol. The van der Waals surface area contributed by atoms with E-state index in [1.807, 2.05) is 13.0 Å². The van der Waals surface area contributed by atoms with Crippen LogP contribution in [0.15, 0.2) is 24.5 Å². The highest BCUT2D eigenvalue weighted by atomic mass is 16.6. The third-order valence-corrected chi connectivity index (χ3v) is 2.45. The standard InChI is InChI=1S/C13H17NO5/c1-4-5-6-19-9-10-7-12(17-2)13(18-3)8-11(10)14(15)16/h5-8H,4,9H2,1-3H3/b6-5-. The predicted octanol–water partition coefficient (Wildman–Crippen LogP) is 3.05. The zero-order chi connectivity index (χ0) is 14.3. The van der Waals surface area contributed by atoms with Crippen LogP contribution < -0.4 is 9.47 Å². The first-order valence-electron chi connectivity index (χ1n) is 5.79. The van der Waals surface area contributed by atoms with Gasteiger partial charge in [-0.2, -0.15) is 0 Å². The molecule has 0 fully saturated rings. The van der Waals surface area contributed by atoms with Crippen molar-refractivity contribution in [3.8, 4) is 11.5 Å². The van der Waals surface area contributed by atoms with Gasteiger partial charge in [0.05, 0.1) is 37.0 Å². The van der Waals surface area contributed by atoms with Crippen LogP contribution in [-0.2, 0) is 11.3 Å². The molecule has 0 bridgehead atoms. The van der Waals surface area contributed by atoms with Crippen molar-refractivity contribution in [2.75, 3.05) is 14.2 Å². The topological polar surface area (TPSA) is 70.8 Å². The molecule has 0 aliphatic rings. The van der Waals surface area contributed by atoms with Gasteiger partial charge in [0.1, 0.15) is 6.61 Å². The third-order valence-electron chi connectivity index (χ3n) is 2.45. The van der Waals surface area contributed by atoms with Gasteiger partial charge in [0.2, 0.25) is 0 Å². The SMILES string of the molecule is CC/C=C\OCc1cc(OC)c(OC)cc1[N+](=O)[O-]. The van der Waals surface area contributed by atoms with Gasteiger partial charge < -0.3 is 14.2 Å². The lowest BCUT2D eigenvalue weighted by atomic mass is 10.1. The second-order valence-corrected chi connectivity index (χ2v) is 3.68. The van der Waals surface area contributed by atoms with Crippen LogP contribution in [0.3, 0.4) is 0 Å². The van der Waals surface area contributed by atoms with E-state index in [1.54, 1.807) is 6.07 Å². The molecule has 0 amide bonds. The van der Waals surface area contributed by atoms with Crippen molar-refractivity contribution in [2.45, 2.75) is 20.0 Å². The Labute approximate surface area is 111 Å². The number of allylic oxidation sites excluding steroid dienone is 1. The van der Waals surface area contributed by atoms with E-state index >= 15 is 0 Å². The van der Waals surface area contributed by atoms with E-state index in [9.17, 15) is 10.1 Å². The maximum Gasteiger partial charge on any atom is 0.280 e. The van der Waals surface area contributed by atoms with E-state index < -0.39 is 4.92 Å². The number of methoxy groups -OCH3 is 2. The van der Waals surface area contributed by atoms with Crippen LogP contribution in [0.5, 0.6) is 11.5 Å². The second-order valence-electron chi connectivity index (χ2n) is 3.68. The molecule has 0 N–H and O–H groups in total. The van der Waals surface area contributed by atoms with Crippen molar-refractivity contribution in [1.29, 1.82) is 0 Å². The number of hydrogen-bond donors (Lipinski definition) is 0. The Morgan fingerprint density at radius 1 is 1.26 bits per heavy atom. The van der Waals surface area contributed by atoms with Gasteiger partial charge in [-0.15, -0.1) is 0 Å². The lowest BCUT2D eigenvalue weighted by Crippen LogP contribution is -2.00. The van der Waals surface area contributed by atoms with Gasteiger partial charge >= 0.3 is 0 Å². The Balaban J connectivity index is 3.05. The minimum Gasteiger partial charge on any atom is -0.497 e. The van der Waals surface area contributed by atoms with Crippen LogP contribution >= 0.6 is 0 Å². The molecule has 6 heteroatoms. The van der Waals surface area contributed by atoms with E-state index in [1.165, 1.54) is 26.5 Å². The van der Waals surface area contributed by atoms with Crippen LogP contribution in [-0.4, -0.2) is 19.1 Å². The molecule has 104 valence electrons. The Kier molecular flexibility index (Phi) is 5.66. The van der Waals surface area contributed by atoms with Crippen molar-refractivity contribution in [3.05, 3.63) is 40.1 Å². The van der Waals surface area contributed by atoms with Crippen molar-refractivity contribution in [1.82, 2.24) is 0 Å². The zero-order valence-electron chi connectivity index (χ0n) is 11.2. The summed E-state index contributed by atoms with van der Waals surface area (Å²) < 4.78 is 15.4. The molecule has 0 atom stereocenters. The van der Waals surface area contributed by atoms with E-state index in [4.69, 9.17) is 14.2 Å². The number of nitrogens with zero attached hydrogens (tertiary/aromatic N) is 1. The van der Waals surface area contributed by atoms with Crippen LogP contribution in [0.2, 0.25) is 0 Å². The molecular weight excluding hydrogens is 250 g/mol. The molecule has 0 aliphatic carbocycles. The van der Waals surface area contributed by atoms with Crippen molar-refractivity contribution >= 4 is 5.69 Å². The molecule has 19 heavy (non-hydrogen) atoms. The van der Waals surface area contributed by atoms with Crippen molar-refractivity contribution in [3.63, 3.8) is 0 Å². The molecular formula is C13H17NO5. The third kappa shape index (κ3) is 3.87. The van der Waals surface area contributed by atoms with Gasteiger partial charge in [0, 0.05) is 0 Å². The summed E-state index contributed by atoms with van der Waals surface area (Å²) in [6, 6.07) is 2.89. The lowest BCUT2D eigenvalue weighted by molar-refractivity contribution is -0.385. The van der Waals surface area contributed by atoms with Crippen LogP contribution in [0.1, 0.15) is 18.9 Å². The maximum atomic E-state index is 11.0. The zero-order valence-corrected chi connectivity index (χ0v) is 11.2. The number of benzene rings is 1. The number of nitro groups is 1. The molecule has 0 radical (unpaired) electrons. The molecule has 0 saturated carbocycles. The highest BCUT2D eigenvalue weighted by molar-refractivity contribution is 5.54. The summed E-state index contributed by atoms with van der Waals surface area (Å²) in [5.41, 5.74) is 0.381. The van der Waals surface area contributed by atoms with Gasteiger partial charge in [-0.3, -0.25) is 10.1 Å². The summed E-state index contributed by atoms with van der Waals surface area (Å²) >= 11 is 0. The number of rotatable bonds is 7. The quantitative estimate of drug-likeness (QED) is 0.431. The summed E-state index contributed by atoms with van der Waals surface area (Å²) in [4.78, 5) is 10.5. The smallest absolute Gasteiger partial charge is 0.280 e. The second kappa shape index (κ2) is 7.25. The van der Waals surface area contributed by atoms with Crippen LogP contribution in [0.4, 0.5) is 5.69 Å². The summed E-state index contributed by atoms with van der Waals surface area (Å²) in [5.74, 6) is 0.758. The van der Waals surface area contributed by atoms with Crippen LogP contribution in [0, 0.1) is 10.1 Å². The molecule has 1 rings (SSSR count). The van der Waals surface area contributed by atoms with Gasteiger partial charge in [-0.05, 0) is 12.5 Å². The van der Waals surface area contributed by atoms with Crippen molar-refractivity contribution in [2.24, 2.45) is 0 Å². The molecule has 1 aromatic carbocycles. The average Bonchev–Trinajstić information content (AvgIpc) is 2.42. The predicted molar refractivity (Wildman–Crippen MR) is 70.4 cm³/mol. The Morgan fingerprint density at radius 2 is 1.89 bits per heavy atom. The molecule has 0 saturated heterocycles. The number of nitro benzene ring substituents is 1. The monoisotopic (exact) mass is 267 g/mol. The van der Waals surface area contributed by atoms with E-state index in [0.29, 0.717) is 17.1 Å². The first-order valence-corrected chi connectivity index (χ1v) is 5.79. The fourth-order valence-corrected chi connectivity index (χ4v) is 1.50. The van der Waals surface area contributed by atoms with Gasteiger partial charge in [-0.1, -0.05) is 13.0 Å². The molecule has 0 aliphatic heterocycles. The minimum atomic E-state index is -0.468. The van der Waals surface area contributed by atoms with Gasteiger partial charge in [0.15, 0.2) is 11.5 Å². The largest absolute Gasteiger partial charge is 0.497 e. The molecule has 1 aromatic rings. The fourth-order valence-electron chi connectivity index (χ4n) is 1.50. The fraction of sp³-hybridized carbons (Fsp3) is 0.385. The lowest BCUT2D eigenvalue weighted by Gasteiger charge is -2.10. The first kappa shape index (κ1) is 14.8. The molecule has 0 unspecified atom stereocenters. The molecule has 0 aromatic heterocycles. The van der Waals surface area contributed by atoms with E-state index in [0.717, 1.165) is 6.42 Å². The highest BCUT2D eigenvalue weighted by Crippen LogP contribution is 2.34. The first-order chi connectivity index (χ1) is 9.13. The summed E-state index contributed by atoms with van der Waals surface area (Å²) in [6.07, 6.45) is 4.20. The normalized spacial score (nSPS) is 10.5. The summed E-state index contributed by atoms with van der Waals surface area (Å²) in [5, 5.41) is 11.0. The Morgan fingerprint density at radius 3 is 2.42 bits per heavy atom. The van der Waals surface area contributed by atoms with Gasteiger partial charge in [-0.25, -0.2) is 0 Å². The van der Waals surface area contributed by atoms with E-state index in [-0.39, 0.29) is 12.3 Å². The molecule has 6 nitrogen and oxygen atoms in total. The molecule has 0 heterocycles. The maximum absolute atomic E-state index is 11.0. The van der Waals surface area contributed by atoms with E-state index in [2.05, 4.69) is 0 Å². The summed E-state index contributed by atoms with van der Waals surface area (Å²) in [7, 11) is 2.91.